The molecule has 0 aliphatic carbocycles. The average molecular weight is 388 g/mol. The van der Waals surface area contributed by atoms with Gasteiger partial charge in [0.05, 0.1) is 18.5 Å². The third-order valence-corrected chi connectivity index (χ3v) is 4.43. The molecular formula is C19H18F2N4O3. The Bertz CT molecular complexity index is 1030. The van der Waals surface area contributed by atoms with E-state index in [2.05, 4.69) is 20.3 Å². The number of nitrogens with zero attached hydrogens (tertiary/aromatic N) is 2. The van der Waals surface area contributed by atoms with Crippen molar-refractivity contribution in [2.75, 3.05) is 25.1 Å². The number of rotatable bonds is 4. The first-order chi connectivity index (χ1) is 13.5. The molecule has 1 aliphatic heterocycles. The molecule has 0 saturated heterocycles. The third kappa shape index (κ3) is 3.48. The summed E-state index contributed by atoms with van der Waals surface area (Å²) < 4.78 is 39.9. The van der Waals surface area contributed by atoms with Gasteiger partial charge in [-0.3, -0.25) is 0 Å². The van der Waals surface area contributed by atoms with E-state index < -0.39 is 22.8 Å². The molecule has 3 heterocycles. The molecule has 146 valence electrons. The van der Waals surface area contributed by atoms with Crippen molar-refractivity contribution in [3.8, 4) is 11.5 Å². The molecule has 2 aromatic heterocycles. The second-order valence-electron chi connectivity index (χ2n) is 6.92. The highest BCUT2D eigenvalue weighted by Gasteiger charge is 2.29. The Labute approximate surface area is 159 Å². The fourth-order valence-electron chi connectivity index (χ4n) is 2.76. The number of pyridine rings is 1. The molecule has 0 saturated carbocycles. The number of amidine groups is 1. The molecule has 1 aliphatic rings. The zero-order valence-corrected chi connectivity index (χ0v) is 15.0. The van der Waals surface area contributed by atoms with Crippen LogP contribution in [0.1, 0.15) is 6.92 Å². The number of aromatic nitrogens is 2. The summed E-state index contributed by atoms with van der Waals surface area (Å²) in [4.78, 5) is 11.2. The second kappa shape index (κ2) is 7.08. The number of anilines is 1. The van der Waals surface area contributed by atoms with Crippen molar-refractivity contribution >= 4 is 22.7 Å². The maximum absolute atomic E-state index is 14.5. The predicted octanol–water partition coefficient (Wildman–Crippen LogP) is 3.43. The molecule has 1 aromatic carbocycles. The van der Waals surface area contributed by atoms with Gasteiger partial charge in [-0.15, -0.1) is 0 Å². The van der Waals surface area contributed by atoms with E-state index in [1.807, 2.05) is 6.92 Å². The molecule has 0 spiro atoms. The van der Waals surface area contributed by atoms with Crippen LogP contribution >= 0.6 is 0 Å². The SMILES string of the molecule is C[C@]1(CO)CN=C(Nc2cc(F)c(Oc3ccnc4[nH]ccc34)c(F)c2)OC1. The molecule has 3 aromatic rings. The van der Waals surface area contributed by atoms with E-state index >= 15 is 0 Å². The zero-order chi connectivity index (χ0) is 19.7. The lowest BCUT2D eigenvalue weighted by molar-refractivity contribution is 0.0706. The first kappa shape index (κ1) is 18.2. The summed E-state index contributed by atoms with van der Waals surface area (Å²) in [6.45, 7) is 2.35. The normalized spacial score (nSPS) is 19.2. The van der Waals surface area contributed by atoms with E-state index in [1.54, 1.807) is 12.3 Å². The number of nitrogens with one attached hydrogen (secondary N) is 2. The number of hydrogen-bond donors (Lipinski definition) is 3. The number of benzene rings is 1. The Morgan fingerprint density at radius 2 is 2.11 bits per heavy atom. The molecule has 4 rings (SSSR count). The van der Waals surface area contributed by atoms with Crippen LogP contribution in [-0.2, 0) is 4.74 Å². The van der Waals surface area contributed by atoms with Crippen molar-refractivity contribution in [3.05, 3.63) is 48.3 Å². The van der Waals surface area contributed by atoms with Crippen molar-refractivity contribution in [1.29, 1.82) is 0 Å². The molecule has 9 heteroatoms. The number of hydrogen-bond acceptors (Lipinski definition) is 6. The van der Waals surface area contributed by atoms with Crippen LogP contribution in [-0.4, -0.2) is 40.9 Å². The van der Waals surface area contributed by atoms with Crippen LogP contribution in [0.2, 0.25) is 0 Å². The van der Waals surface area contributed by atoms with Gasteiger partial charge in [0.2, 0.25) is 0 Å². The van der Waals surface area contributed by atoms with Crippen molar-refractivity contribution in [2.45, 2.75) is 6.92 Å². The number of aliphatic imine (C=N–C) groups is 1. The van der Waals surface area contributed by atoms with E-state index in [9.17, 15) is 13.9 Å². The molecule has 0 radical (unpaired) electrons. The van der Waals surface area contributed by atoms with Gasteiger partial charge >= 0.3 is 0 Å². The van der Waals surface area contributed by atoms with E-state index in [4.69, 9.17) is 9.47 Å². The van der Waals surface area contributed by atoms with Crippen LogP contribution in [0.5, 0.6) is 11.5 Å². The van der Waals surface area contributed by atoms with Gasteiger partial charge in [-0.05, 0) is 12.1 Å². The first-order valence-corrected chi connectivity index (χ1v) is 8.61. The van der Waals surface area contributed by atoms with Crippen LogP contribution in [0, 0.1) is 17.0 Å². The van der Waals surface area contributed by atoms with Crippen molar-refractivity contribution < 1.29 is 23.4 Å². The quantitative estimate of drug-likeness (QED) is 0.637. The Morgan fingerprint density at radius 3 is 2.79 bits per heavy atom. The van der Waals surface area contributed by atoms with Gasteiger partial charge in [0, 0.05) is 35.6 Å². The average Bonchev–Trinajstić information content (AvgIpc) is 3.16. The lowest BCUT2D eigenvalue weighted by Gasteiger charge is -2.30. The summed E-state index contributed by atoms with van der Waals surface area (Å²) in [7, 11) is 0. The van der Waals surface area contributed by atoms with Crippen LogP contribution in [0.25, 0.3) is 11.0 Å². The summed E-state index contributed by atoms with van der Waals surface area (Å²) in [6, 6.07) is 5.58. The zero-order valence-electron chi connectivity index (χ0n) is 15.0. The standard InChI is InChI=1S/C19H18F2N4O3/c1-19(9-26)8-24-18(27-10-19)25-11-6-13(20)16(14(21)7-11)28-15-3-5-23-17-12(15)2-4-22-17/h2-7,26H,8-10H2,1H3,(H,22,23)(H,24,25)/t19-/m1/s1. The summed E-state index contributed by atoms with van der Waals surface area (Å²) >= 11 is 0. The van der Waals surface area contributed by atoms with Crippen LogP contribution in [0.4, 0.5) is 14.5 Å². The van der Waals surface area contributed by atoms with Gasteiger partial charge in [-0.25, -0.2) is 18.8 Å². The van der Waals surface area contributed by atoms with E-state index in [1.165, 1.54) is 12.3 Å². The minimum absolute atomic E-state index is 0.0670. The van der Waals surface area contributed by atoms with Gasteiger partial charge in [0.25, 0.3) is 6.02 Å². The largest absolute Gasteiger partial charge is 0.464 e. The smallest absolute Gasteiger partial charge is 0.289 e. The van der Waals surface area contributed by atoms with E-state index in [0.717, 1.165) is 12.1 Å². The van der Waals surface area contributed by atoms with Crippen LogP contribution in [0.15, 0.2) is 41.7 Å². The minimum atomic E-state index is -0.875. The summed E-state index contributed by atoms with van der Waals surface area (Å²) in [5.74, 6) is -1.98. The topological polar surface area (TPSA) is 91.8 Å². The van der Waals surface area contributed by atoms with E-state index in [-0.39, 0.29) is 30.7 Å². The second-order valence-corrected chi connectivity index (χ2v) is 6.92. The summed E-state index contributed by atoms with van der Waals surface area (Å²) in [6.07, 6.45) is 3.15. The molecule has 0 bridgehead atoms. The highest BCUT2D eigenvalue weighted by Crippen LogP contribution is 2.33. The summed E-state index contributed by atoms with van der Waals surface area (Å²) in [5, 5.41) is 12.7. The number of H-pyrrole nitrogens is 1. The van der Waals surface area contributed by atoms with Crippen molar-refractivity contribution in [1.82, 2.24) is 9.97 Å². The maximum Gasteiger partial charge on any atom is 0.289 e. The monoisotopic (exact) mass is 388 g/mol. The summed E-state index contributed by atoms with van der Waals surface area (Å²) in [5.41, 5.74) is 0.224. The number of ether oxygens (including phenoxy) is 2. The highest BCUT2D eigenvalue weighted by atomic mass is 19.1. The van der Waals surface area contributed by atoms with Gasteiger partial charge in [-0.2, -0.15) is 0 Å². The number of aliphatic hydroxyl groups is 1. The van der Waals surface area contributed by atoms with Gasteiger partial charge in [0.15, 0.2) is 17.4 Å². The van der Waals surface area contributed by atoms with Crippen LogP contribution < -0.4 is 10.1 Å². The molecule has 3 N–H and O–H groups in total. The Hall–Kier alpha value is -3.20. The molecule has 1 atom stereocenters. The van der Waals surface area contributed by atoms with Gasteiger partial charge < -0.3 is 24.9 Å². The predicted molar refractivity (Wildman–Crippen MR) is 99.6 cm³/mol. The lowest BCUT2D eigenvalue weighted by atomic mass is 9.93. The number of halogens is 2. The van der Waals surface area contributed by atoms with Crippen LogP contribution in [0.3, 0.4) is 0 Å². The number of aromatic amines is 1. The third-order valence-electron chi connectivity index (χ3n) is 4.43. The highest BCUT2D eigenvalue weighted by molar-refractivity contribution is 5.89. The maximum atomic E-state index is 14.5. The molecule has 0 fully saturated rings. The Morgan fingerprint density at radius 1 is 1.32 bits per heavy atom. The van der Waals surface area contributed by atoms with Gasteiger partial charge in [0.1, 0.15) is 18.0 Å². The fraction of sp³-hybridized carbons (Fsp3) is 0.263. The molecule has 28 heavy (non-hydrogen) atoms. The fourth-order valence-corrected chi connectivity index (χ4v) is 2.76. The number of aliphatic hydroxyl groups excluding tert-OH is 1. The lowest BCUT2D eigenvalue weighted by Crippen LogP contribution is -2.38. The molecule has 0 unspecified atom stereocenters. The first-order valence-electron chi connectivity index (χ1n) is 8.61. The Kier molecular flexibility index (Phi) is 4.60. The van der Waals surface area contributed by atoms with Crippen molar-refractivity contribution in [2.24, 2.45) is 10.4 Å². The minimum Gasteiger partial charge on any atom is -0.464 e. The van der Waals surface area contributed by atoms with E-state index in [0.29, 0.717) is 17.6 Å². The van der Waals surface area contributed by atoms with Gasteiger partial charge in [-0.1, -0.05) is 6.92 Å². The molecule has 7 nitrogen and oxygen atoms in total. The number of fused-ring (bicyclic) bond motifs is 1. The van der Waals surface area contributed by atoms with Crippen molar-refractivity contribution in [3.63, 3.8) is 0 Å². The molecule has 0 amide bonds. The Balaban J connectivity index is 1.55. The molecular weight excluding hydrogens is 370 g/mol.